The van der Waals surface area contributed by atoms with Crippen LogP contribution in [0.5, 0.6) is 0 Å². The summed E-state index contributed by atoms with van der Waals surface area (Å²) in [6.45, 7) is 5.34. The van der Waals surface area contributed by atoms with E-state index in [-0.39, 0.29) is 16.7 Å². The maximum absolute atomic E-state index is 13.3. The highest BCUT2D eigenvalue weighted by Crippen LogP contribution is 2.28. The fourth-order valence-electron chi connectivity index (χ4n) is 4.30. The van der Waals surface area contributed by atoms with Gasteiger partial charge in [0, 0.05) is 12.6 Å². The second-order valence-corrected chi connectivity index (χ2v) is 9.45. The topological polar surface area (TPSA) is 55.2 Å². The number of hydrogen-bond donors (Lipinski definition) is 0. The van der Waals surface area contributed by atoms with Gasteiger partial charge in [0.05, 0.1) is 22.7 Å². The summed E-state index contributed by atoms with van der Waals surface area (Å²) in [5, 5.41) is 0.893. The molecule has 0 saturated carbocycles. The first-order chi connectivity index (χ1) is 15.1. The molecule has 3 aromatic rings. The second-order valence-electron chi connectivity index (χ2n) is 8.14. The molecule has 2 unspecified atom stereocenters. The van der Waals surface area contributed by atoms with Crippen molar-refractivity contribution in [2.24, 2.45) is 0 Å². The fourth-order valence-corrected chi connectivity index (χ4v) is 5.28. The van der Waals surface area contributed by atoms with E-state index in [1.807, 2.05) is 66.4 Å². The molecule has 2 heterocycles. The summed E-state index contributed by atoms with van der Waals surface area (Å²) in [7, 11) is 0. The van der Waals surface area contributed by atoms with Crippen LogP contribution in [-0.2, 0) is 11.3 Å². The molecule has 0 radical (unpaired) electrons. The molecule has 1 fully saturated rings. The predicted octanol–water partition coefficient (Wildman–Crippen LogP) is 4.72. The molecule has 2 atom stereocenters. The van der Waals surface area contributed by atoms with Crippen molar-refractivity contribution in [3.05, 3.63) is 70.5 Å². The Kier molecular flexibility index (Phi) is 6.76. The Hall–Kier alpha value is -2.60. The summed E-state index contributed by atoms with van der Waals surface area (Å²) >= 11 is 1.39. The molecule has 31 heavy (non-hydrogen) atoms. The molecule has 1 aliphatic heterocycles. The van der Waals surface area contributed by atoms with Crippen molar-refractivity contribution < 1.29 is 4.79 Å². The zero-order chi connectivity index (χ0) is 21.8. The molecule has 2 aromatic carbocycles. The molecule has 0 spiro atoms. The van der Waals surface area contributed by atoms with Gasteiger partial charge in [-0.2, -0.15) is 0 Å². The van der Waals surface area contributed by atoms with E-state index in [0.29, 0.717) is 28.6 Å². The Morgan fingerprint density at radius 2 is 1.87 bits per heavy atom. The van der Waals surface area contributed by atoms with Crippen LogP contribution in [0.3, 0.4) is 0 Å². The van der Waals surface area contributed by atoms with E-state index in [4.69, 9.17) is 4.98 Å². The maximum Gasteiger partial charge on any atom is 0.262 e. The number of rotatable bonds is 6. The van der Waals surface area contributed by atoms with Gasteiger partial charge in [0.15, 0.2) is 5.16 Å². The average molecular weight is 436 g/mol. The van der Waals surface area contributed by atoms with E-state index in [1.165, 1.54) is 18.2 Å². The van der Waals surface area contributed by atoms with Crippen LogP contribution in [0.4, 0.5) is 0 Å². The summed E-state index contributed by atoms with van der Waals surface area (Å²) in [6.07, 6.45) is 4.31. The predicted molar refractivity (Wildman–Crippen MR) is 127 cm³/mol. The summed E-state index contributed by atoms with van der Waals surface area (Å²) in [5.41, 5.74) is 1.63. The number of likely N-dealkylation sites (tertiary alicyclic amines) is 1. The molecule has 1 aliphatic rings. The molecule has 1 amide bonds. The summed E-state index contributed by atoms with van der Waals surface area (Å²) in [4.78, 5) is 33.4. The third-order valence-corrected chi connectivity index (χ3v) is 7.10. The highest BCUT2D eigenvalue weighted by molar-refractivity contribution is 8.00. The Balaban J connectivity index is 1.67. The lowest BCUT2D eigenvalue weighted by atomic mass is 10.00. The summed E-state index contributed by atoms with van der Waals surface area (Å²) in [6, 6.07) is 17.6. The first-order valence-electron chi connectivity index (χ1n) is 11.1. The van der Waals surface area contributed by atoms with Gasteiger partial charge >= 0.3 is 0 Å². The molecule has 1 saturated heterocycles. The normalized spacial score (nSPS) is 17.6. The zero-order valence-electron chi connectivity index (χ0n) is 18.2. The van der Waals surface area contributed by atoms with Crippen LogP contribution in [0.2, 0.25) is 0 Å². The third-order valence-electron chi connectivity index (χ3n) is 6.02. The number of aromatic nitrogens is 2. The van der Waals surface area contributed by atoms with Crippen molar-refractivity contribution in [3.8, 4) is 0 Å². The van der Waals surface area contributed by atoms with Crippen molar-refractivity contribution in [2.45, 2.75) is 62.5 Å². The standard InChI is InChI=1S/C25H29N3O2S/c1-3-20-13-9-10-16-27(20)23(29)18(2)31-25-26-22-15-8-7-14-21(22)24(30)28(25)17-19-11-5-4-6-12-19/h4-8,11-12,14-15,18,20H,3,9-10,13,16-17H2,1-2H3. The molecule has 5 nitrogen and oxygen atoms in total. The van der Waals surface area contributed by atoms with Gasteiger partial charge in [0.1, 0.15) is 0 Å². The van der Waals surface area contributed by atoms with E-state index >= 15 is 0 Å². The van der Waals surface area contributed by atoms with Crippen molar-refractivity contribution in [2.75, 3.05) is 6.54 Å². The number of benzene rings is 2. The lowest BCUT2D eigenvalue weighted by Crippen LogP contribution is -2.46. The van der Waals surface area contributed by atoms with Gasteiger partial charge in [0.2, 0.25) is 5.91 Å². The smallest absolute Gasteiger partial charge is 0.262 e. The summed E-state index contributed by atoms with van der Waals surface area (Å²) in [5.74, 6) is 0.144. The van der Waals surface area contributed by atoms with Crippen LogP contribution in [0.25, 0.3) is 10.9 Å². The van der Waals surface area contributed by atoms with E-state index in [2.05, 4.69) is 6.92 Å². The number of carbonyl (C=O) groups is 1. The highest BCUT2D eigenvalue weighted by atomic mass is 32.2. The van der Waals surface area contributed by atoms with Crippen molar-refractivity contribution >= 4 is 28.6 Å². The molecule has 6 heteroatoms. The first-order valence-corrected chi connectivity index (χ1v) is 12.0. The molecular weight excluding hydrogens is 406 g/mol. The van der Waals surface area contributed by atoms with Crippen molar-refractivity contribution in [3.63, 3.8) is 0 Å². The first kappa shape index (κ1) is 21.6. The Bertz CT molecular complexity index is 1110. The number of amides is 1. The van der Waals surface area contributed by atoms with Crippen LogP contribution in [-0.4, -0.2) is 38.2 Å². The van der Waals surface area contributed by atoms with Crippen LogP contribution >= 0.6 is 11.8 Å². The number of hydrogen-bond acceptors (Lipinski definition) is 4. The third kappa shape index (κ3) is 4.69. The van der Waals surface area contributed by atoms with Gasteiger partial charge in [-0.1, -0.05) is 61.2 Å². The van der Waals surface area contributed by atoms with E-state index < -0.39 is 0 Å². The van der Waals surface area contributed by atoms with Gasteiger partial charge in [-0.3, -0.25) is 14.2 Å². The lowest BCUT2D eigenvalue weighted by Gasteiger charge is -2.36. The second kappa shape index (κ2) is 9.69. The molecule has 0 aliphatic carbocycles. The van der Waals surface area contributed by atoms with Crippen LogP contribution in [0.1, 0.15) is 45.1 Å². The molecule has 4 rings (SSSR count). The molecule has 0 bridgehead atoms. The molecular formula is C25H29N3O2S. The number of para-hydroxylation sites is 1. The van der Waals surface area contributed by atoms with Gasteiger partial charge in [-0.05, 0) is 50.3 Å². The minimum absolute atomic E-state index is 0.0685. The summed E-state index contributed by atoms with van der Waals surface area (Å²) < 4.78 is 1.71. The van der Waals surface area contributed by atoms with Gasteiger partial charge < -0.3 is 4.90 Å². The van der Waals surface area contributed by atoms with Gasteiger partial charge in [-0.25, -0.2) is 4.98 Å². The average Bonchev–Trinajstić information content (AvgIpc) is 2.81. The monoisotopic (exact) mass is 435 g/mol. The van der Waals surface area contributed by atoms with E-state index in [9.17, 15) is 9.59 Å². The van der Waals surface area contributed by atoms with E-state index in [0.717, 1.165) is 31.4 Å². The van der Waals surface area contributed by atoms with Crippen molar-refractivity contribution in [1.29, 1.82) is 0 Å². The number of fused-ring (bicyclic) bond motifs is 1. The maximum atomic E-state index is 13.3. The van der Waals surface area contributed by atoms with Crippen LogP contribution in [0.15, 0.2) is 64.5 Å². The van der Waals surface area contributed by atoms with Gasteiger partial charge in [-0.15, -0.1) is 0 Å². The number of carbonyl (C=O) groups excluding carboxylic acids is 1. The highest BCUT2D eigenvalue weighted by Gasteiger charge is 2.30. The van der Waals surface area contributed by atoms with Crippen LogP contribution in [0, 0.1) is 0 Å². The Morgan fingerprint density at radius 3 is 2.65 bits per heavy atom. The lowest BCUT2D eigenvalue weighted by molar-refractivity contribution is -0.134. The molecule has 1 aromatic heterocycles. The molecule has 162 valence electrons. The largest absolute Gasteiger partial charge is 0.339 e. The fraction of sp³-hybridized carbons (Fsp3) is 0.400. The minimum atomic E-state index is -0.303. The van der Waals surface area contributed by atoms with E-state index in [1.54, 1.807) is 4.57 Å². The quantitative estimate of drug-likeness (QED) is 0.415. The minimum Gasteiger partial charge on any atom is -0.339 e. The number of nitrogens with zero attached hydrogens (tertiary/aromatic N) is 3. The SMILES string of the molecule is CCC1CCCCN1C(=O)C(C)Sc1nc2ccccc2c(=O)n1Cc1ccccc1. The van der Waals surface area contributed by atoms with Gasteiger partial charge in [0.25, 0.3) is 5.56 Å². The van der Waals surface area contributed by atoms with Crippen molar-refractivity contribution in [1.82, 2.24) is 14.5 Å². The Labute approximate surface area is 187 Å². The van der Waals surface area contributed by atoms with Crippen LogP contribution < -0.4 is 5.56 Å². The number of piperidine rings is 1. The molecule has 0 N–H and O–H groups in total. The number of thioether (sulfide) groups is 1. The zero-order valence-corrected chi connectivity index (χ0v) is 19.0. The Morgan fingerprint density at radius 1 is 1.13 bits per heavy atom.